The van der Waals surface area contributed by atoms with Crippen molar-refractivity contribution in [2.24, 2.45) is 0 Å². The van der Waals surface area contributed by atoms with Crippen LogP contribution in [-0.4, -0.2) is 36.5 Å². The minimum Gasteiger partial charge on any atom is -0.494 e. The van der Waals surface area contributed by atoms with E-state index >= 15 is 0 Å². The summed E-state index contributed by atoms with van der Waals surface area (Å²) in [5, 5.41) is 9.41. The molecule has 0 atom stereocenters. The highest BCUT2D eigenvalue weighted by molar-refractivity contribution is 5.78. The van der Waals surface area contributed by atoms with E-state index in [0.29, 0.717) is 44.2 Å². The molecule has 1 fully saturated rings. The van der Waals surface area contributed by atoms with E-state index in [-0.39, 0.29) is 0 Å². The Balaban J connectivity index is 2.17. The predicted molar refractivity (Wildman–Crippen MR) is 68.7 cm³/mol. The molecule has 5 heteroatoms. The molecule has 0 aliphatic carbocycles. The third-order valence-corrected chi connectivity index (χ3v) is 3.12. The molecule has 0 radical (unpaired) electrons. The number of carboxylic acid groups (broad SMARTS) is 1. The van der Waals surface area contributed by atoms with Crippen LogP contribution in [0.15, 0.2) is 24.3 Å². The summed E-state index contributed by atoms with van der Waals surface area (Å²) in [6.07, 6.45) is 0.697. The van der Waals surface area contributed by atoms with E-state index < -0.39 is 11.6 Å². The van der Waals surface area contributed by atoms with Gasteiger partial charge in [-0.3, -0.25) is 0 Å². The fraction of sp³-hybridized carbons (Fsp3) is 0.500. The second kappa shape index (κ2) is 5.93. The van der Waals surface area contributed by atoms with Gasteiger partial charge >= 0.3 is 5.97 Å². The molecule has 1 aromatic carbocycles. The molecular formula is C14H18O5. The van der Waals surface area contributed by atoms with Crippen LogP contribution in [0.1, 0.15) is 19.8 Å². The standard InChI is InChI=1S/C14H18O5/c1-2-18-11-4-3-5-12(10-11)19-14(13(15)16)6-8-17-9-7-14/h3-5,10H,2,6-9H2,1H3,(H,15,16). The molecule has 0 spiro atoms. The van der Waals surface area contributed by atoms with E-state index in [9.17, 15) is 9.90 Å². The van der Waals surface area contributed by atoms with Crippen molar-refractivity contribution in [1.82, 2.24) is 0 Å². The third-order valence-electron chi connectivity index (χ3n) is 3.12. The van der Waals surface area contributed by atoms with Crippen molar-refractivity contribution >= 4 is 5.97 Å². The second-order valence-electron chi connectivity index (χ2n) is 4.42. The van der Waals surface area contributed by atoms with Crippen molar-refractivity contribution in [3.63, 3.8) is 0 Å². The SMILES string of the molecule is CCOc1cccc(OC2(C(=O)O)CCOCC2)c1. The minimum atomic E-state index is -1.19. The Morgan fingerprint density at radius 2 is 2.05 bits per heavy atom. The zero-order chi connectivity index (χ0) is 13.7. The number of ether oxygens (including phenoxy) is 3. The number of carboxylic acids is 1. The largest absolute Gasteiger partial charge is 0.494 e. The number of aliphatic carboxylic acids is 1. The van der Waals surface area contributed by atoms with Crippen LogP contribution in [0.5, 0.6) is 11.5 Å². The summed E-state index contributed by atoms with van der Waals surface area (Å²) in [5.41, 5.74) is -1.19. The molecule has 1 aliphatic heterocycles. The zero-order valence-electron chi connectivity index (χ0n) is 10.9. The molecule has 1 aromatic rings. The van der Waals surface area contributed by atoms with Crippen LogP contribution < -0.4 is 9.47 Å². The Bertz CT molecular complexity index is 437. The van der Waals surface area contributed by atoms with Crippen LogP contribution >= 0.6 is 0 Å². The van der Waals surface area contributed by atoms with E-state index in [1.54, 1.807) is 18.2 Å². The molecule has 0 aromatic heterocycles. The molecule has 0 unspecified atom stereocenters. The Morgan fingerprint density at radius 3 is 2.68 bits per heavy atom. The Hall–Kier alpha value is -1.75. The van der Waals surface area contributed by atoms with E-state index in [2.05, 4.69) is 0 Å². The average Bonchev–Trinajstić information content (AvgIpc) is 2.40. The molecule has 0 amide bonds. The molecule has 0 saturated carbocycles. The quantitative estimate of drug-likeness (QED) is 0.884. The average molecular weight is 266 g/mol. The monoisotopic (exact) mass is 266 g/mol. The van der Waals surface area contributed by atoms with E-state index in [1.807, 2.05) is 13.0 Å². The maximum atomic E-state index is 11.5. The summed E-state index contributed by atoms with van der Waals surface area (Å²) in [6.45, 7) is 3.25. The number of benzene rings is 1. The van der Waals surface area contributed by atoms with Crippen LogP contribution in [0.2, 0.25) is 0 Å². The number of hydrogen-bond donors (Lipinski definition) is 1. The van der Waals surface area contributed by atoms with Crippen LogP contribution in [-0.2, 0) is 9.53 Å². The highest BCUT2D eigenvalue weighted by Gasteiger charge is 2.42. The van der Waals surface area contributed by atoms with Gasteiger partial charge in [-0.2, -0.15) is 0 Å². The maximum absolute atomic E-state index is 11.5. The normalized spacial score (nSPS) is 17.7. The lowest BCUT2D eigenvalue weighted by Gasteiger charge is -2.33. The van der Waals surface area contributed by atoms with Gasteiger partial charge in [-0.05, 0) is 19.1 Å². The summed E-state index contributed by atoms with van der Waals surface area (Å²) in [5.74, 6) is 0.237. The van der Waals surface area contributed by atoms with Crippen LogP contribution in [0, 0.1) is 0 Å². The van der Waals surface area contributed by atoms with Crippen molar-refractivity contribution in [2.75, 3.05) is 19.8 Å². The summed E-state index contributed by atoms with van der Waals surface area (Å²) in [6, 6.07) is 7.05. The summed E-state index contributed by atoms with van der Waals surface area (Å²) < 4.78 is 16.3. The van der Waals surface area contributed by atoms with Gasteiger partial charge in [0.2, 0.25) is 5.60 Å². The first kappa shape index (κ1) is 13.7. The first-order valence-electron chi connectivity index (χ1n) is 6.39. The van der Waals surface area contributed by atoms with Gasteiger partial charge in [0.05, 0.1) is 19.8 Å². The minimum absolute atomic E-state index is 0.348. The number of rotatable bonds is 5. The van der Waals surface area contributed by atoms with Gasteiger partial charge in [0.1, 0.15) is 11.5 Å². The van der Waals surface area contributed by atoms with Gasteiger partial charge < -0.3 is 19.3 Å². The van der Waals surface area contributed by atoms with Gasteiger partial charge in [0.25, 0.3) is 0 Å². The lowest BCUT2D eigenvalue weighted by Crippen LogP contribution is -2.49. The first-order chi connectivity index (χ1) is 9.16. The molecule has 19 heavy (non-hydrogen) atoms. The zero-order valence-corrected chi connectivity index (χ0v) is 10.9. The molecule has 2 rings (SSSR count). The van der Waals surface area contributed by atoms with Gasteiger partial charge in [0.15, 0.2) is 0 Å². The fourth-order valence-corrected chi connectivity index (χ4v) is 2.08. The summed E-state index contributed by atoms with van der Waals surface area (Å²) in [7, 11) is 0. The molecule has 1 aliphatic rings. The second-order valence-corrected chi connectivity index (χ2v) is 4.42. The number of carbonyl (C=O) groups is 1. The Kier molecular flexibility index (Phi) is 4.27. The molecular weight excluding hydrogens is 248 g/mol. The predicted octanol–water partition coefficient (Wildman–Crippen LogP) is 2.10. The van der Waals surface area contributed by atoms with Crippen LogP contribution in [0.25, 0.3) is 0 Å². The summed E-state index contributed by atoms with van der Waals surface area (Å²) in [4.78, 5) is 11.5. The lowest BCUT2D eigenvalue weighted by atomic mass is 9.94. The van der Waals surface area contributed by atoms with Crippen molar-refractivity contribution in [1.29, 1.82) is 0 Å². The van der Waals surface area contributed by atoms with Gasteiger partial charge in [-0.25, -0.2) is 4.79 Å². The van der Waals surface area contributed by atoms with E-state index in [1.165, 1.54) is 0 Å². The molecule has 5 nitrogen and oxygen atoms in total. The molecule has 0 bridgehead atoms. The fourth-order valence-electron chi connectivity index (χ4n) is 2.08. The Morgan fingerprint density at radius 1 is 1.37 bits per heavy atom. The van der Waals surface area contributed by atoms with Gasteiger partial charge in [0, 0.05) is 18.9 Å². The topological polar surface area (TPSA) is 65.0 Å². The molecule has 1 heterocycles. The lowest BCUT2D eigenvalue weighted by molar-refractivity contribution is -0.163. The molecule has 1 saturated heterocycles. The summed E-state index contributed by atoms with van der Waals surface area (Å²) >= 11 is 0. The van der Waals surface area contributed by atoms with E-state index in [4.69, 9.17) is 14.2 Å². The highest BCUT2D eigenvalue weighted by Crippen LogP contribution is 2.30. The van der Waals surface area contributed by atoms with Crippen molar-refractivity contribution in [3.8, 4) is 11.5 Å². The van der Waals surface area contributed by atoms with Crippen LogP contribution in [0.4, 0.5) is 0 Å². The first-order valence-corrected chi connectivity index (χ1v) is 6.39. The Labute approximate surface area is 112 Å². The van der Waals surface area contributed by atoms with Crippen LogP contribution in [0.3, 0.4) is 0 Å². The van der Waals surface area contributed by atoms with Gasteiger partial charge in [-0.15, -0.1) is 0 Å². The molecule has 104 valence electrons. The van der Waals surface area contributed by atoms with Gasteiger partial charge in [-0.1, -0.05) is 6.07 Å². The van der Waals surface area contributed by atoms with Crippen molar-refractivity contribution in [2.45, 2.75) is 25.4 Å². The molecule has 1 N–H and O–H groups in total. The number of hydrogen-bond acceptors (Lipinski definition) is 4. The maximum Gasteiger partial charge on any atom is 0.348 e. The third kappa shape index (κ3) is 3.17. The smallest absolute Gasteiger partial charge is 0.348 e. The van der Waals surface area contributed by atoms with Crippen molar-refractivity contribution in [3.05, 3.63) is 24.3 Å². The highest BCUT2D eigenvalue weighted by atomic mass is 16.5. The van der Waals surface area contributed by atoms with E-state index in [0.717, 1.165) is 0 Å². The van der Waals surface area contributed by atoms with Crippen molar-refractivity contribution < 1.29 is 24.1 Å².